The van der Waals surface area contributed by atoms with Gasteiger partial charge in [0.15, 0.2) is 0 Å². The number of rotatable bonds is 2. The third-order valence-electron chi connectivity index (χ3n) is 2.52. The van der Waals surface area contributed by atoms with Crippen molar-refractivity contribution in [2.24, 2.45) is 5.41 Å². The Kier molecular flexibility index (Phi) is 3.72. The predicted molar refractivity (Wildman–Crippen MR) is 68.5 cm³/mol. The molecular formula is C14H24N2. The molecule has 1 aromatic heterocycles. The van der Waals surface area contributed by atoms with Crippen LogP contribution in [-0.2, 0) is 11.8 Å². The van der Waals surface area contributed by atoms with Crippen LogP contribution in [0.1, 0.15) is 59.5 Å². The van der Waals surface area contributed by atoms with E-state index in [0.29, 0.717) is 5.41 Å². The summed E-state index contributed by atoms with van der Waals surface area (Å²) in [4.78, 5) is 8.98. The second kappa shape index (κ2) is 4.52. The molecule has 90 valence electrons. The molecule has 0 aromatic carbocycles. The molecule has 2 heteroatoms. The largest absolute Gasteiger partial charge is 0.241 e. The van der Waals surface area contributed by atoms with Crippen LogP contribution < -0.4 is 0 Å². The van der Waals surface area contributed by atoms with Gasteiger partial charge in [-0.05, 0) is 24.3 Å². The smallest absolute Gasteiger partial charge is 0.133 e. The topological polar surface area (TPSA) is 25.8 Å². The van der Waals surface area contributed by atoms with Crippen molar-refractivity contribution >= 4 is 0 Å². The maximum absolute atomic E-state index is 4.64. The lowest BCUT2D eigenvalue weighted by Gasteiger charge is -2.19. The number of aromatic nitrogens is 2. The lowest BCUT2D eigenvalue weighted by Crippen LogP contribution is -2.17. The average Bonchev–Trinajstić information content (AvgIpc) is 2.13. The molecule has 1 aromatic rings. The molecule has 1 rings (SSSR count). The second-order valence-electron chi connectivity index (χ2n) is 6.68. The van der Waals surface area contributed by atoms with Crippen molar-refractivity contribution in [3.63, 3.8) is 0 Å². The summed E-state index contributed by atoms with van der Waals surface area (Å²) in [5.74, 6) is 0.943. The maximum atomic E-state index is 4.64. The van der Waals surface area contributed by atoms with Crippen molar-refractivity contribution < 1.29 is 0 Å². The molecule has 0 aliphatic heterocycles. The van der Waals surface area contributed by atoms with Gasteiger partial charge in [0, 0.05) is 17.3 Å². The molecule has 0 spiro atoms. The Morgan fingerprint density at radius 2 is 1.69 bits per heavy atom. The molecule has 0 amide bonds. The first-order chi connectivity index (χ1) is 7.18. The fourth-order valence-electron chi connectivity index (χ4n) is 1.40. The first-order valence-electron chi connectivity index (χ1n) is 6.01. The molecule has 0 saturated heterocycles. The second-order valence-corrected chi connectivity index (χ2v) is 6.68. The third-order valence-corrected chi connectivity index (χ3v) is 2.52. The number of aryl methyl sites for hydroxylation is 1. The normalized spacial score (nSPS) is 12.9. The van der Waals surface area contributed by atoms with Crippen LogP contribution in [0.3, 0.4) is 0 Å². The van der Waals surface area contributed by atoms with E-state index >= 15 is 0 Å². The summed E-state index contributed by atoms with van der Waals surface area (Å²) in [6.45, 7) is 13.2. The highest BCUT2D eigenvalue weighted by Gasteiger charge is 2.18. The summed E-state index contributed by atoms with van der Waals surface area (Å²) in [6, 6.07) is 2.03. The quantitative estimate of drug-likeness (QED) is 0.758. The molecule has 0 N–H and O–H groups in total. The minimum atomic E-state index is 0.0394. The van der Waals surface area contributed by atoms with Gasteiger partial charge in [0.05, 0.1) is 0 Å². The average molecular weight is 220 g/mol. The fraction of sp³-hybridized carbons (Fsp3) is 0.714. The third kappa shape index (κ3) is 4.30. The van der Waals surface area contributed by atoms with Crippen molar-refractivity contribution in [2.45, 2.75) is 59.8 Å². The molecule has 0 saturated carbocycles. The fourth-order valence-corrected chi connectivity index (χ4v) is 1.40. The van der Waals surface area contributed by atoms with Gasteiger partial charge in [-0.3, -0.25) is 0 Å². The van der Waals surface area contributed by atoms with Crippen LogP contribution in [0.4, 0.5) is 0 Å². The molecule has 0 fully saturated rings. The summed E-state index contributed by atoms with van der Waals surface area (Å²) in [7, 11) is 0. The lowest BCUT2D eigenvalue weighted by molar-refractivity contribution is 0.375. The highest BCUT2D eigenvalue weighted by atomic mass is 14.9. The molecule has 2 nitrogen and oxygen atoms in total. The van der Waals surface area contributed by atoms with Crippen LogP contribution in [0.5, 0.6) is 0 Å². The Balaban J connectivity index is 2.76. The minimum absolute atomic E-state index is 0.0394. The first kappa shape index (κ1) is 13.1. The first-order valence-corrected chi connectivity index (χ1v) is 6.01. The van der Waals surface area contributed by atoms with Gasteiger partial charge in [-0.15, -0.1) is 0 Å². The van der Waals surface area contributed by atoms with Gasteiger partial charge in [0.25, 0.3) is 0 Å². The van der Waals surface area contributed by atoms with E-state index < -0.39 is 0 Å². The van der Waals surface area contributed by atoms with Crippen molar-refractivity contribution in [3.05, 3.63) is 23.8 Å². The number of nitrogens with zero attached hydrogens (tertiary/aromatic N) is 2. The summed E-state index contributed by atoms with van der Waals surface area (Å²) < 4.78 is 0. The van der Waals surface area contributed by atoms with Crippen LogP contribution >= 0.6 is 0 Å². The van der Waals surface area contributed by atoms with Crippen molar-refractivity contribution in [1.82, 2.24) is 9.97 Å². The van der Waals surface area contributed by atoms with E-state index in [0.717, 1.165) is 24.4 Å². The van der Waals surface area contributed by atoms with Crippen molar-refractivity contribution in [2.75, 3.05) is 0 Å². The van der Waals surface area contributed by atoms with E-state index in [9.17, 15) is 0 Å². The van der Waals surface area contributed by atoms with E-state index in [-0.39, 0.29) is 5.41 Å². The van der Waals surface area contributed by atoms with Crippen LogP contribution in [0.25, 0.3) is 0 Å². The Labute approximate surface area is 99.5 Å². The van der Waals surface area contributed by atoms with Gasteiger partial charge >= 0.3 is 0 Å². The molecule has 0 radical (unpaired) electrons. The predicted octanol–water partition coefficient (Wildman–Crippen LogP) is 3.75. The summed E-state index contributed by atoms with van der Waals surface area (Å²) >= 11 is 0. The molecule has 0 atom stereocenters. The Morgan fingerprint density at radius 1 is 1.06 bits per heavy atom. The maximum Gasteiger partial charge on any atom is 0.133 e. The van der Waals surface area contributed by atoms with Crippen molar-refractivity contribution in [1.29, 1.82) is 0 Å². The van der Waals surface area contributed by atoms with E-state index in [4.69, 9.17) is 0 Å². The zero-order chi connectivity index (χ0) is 12.4. The molecule has 0 bridgehead atoms. The Bertz CT molecular complexity index is 342. The summed E-state index contributed by atoms with van der Waals surface area (Å²) in [6.07, 6.45) is 4.08. The molecule has 0 aliphatic carbocycles. The highest BCUT2D eigenvalue weighted by Crippen LogP contribution is 2.22. The van der Waals surface area contributed by atoms with Gasteiger partial charge in [-0.1, -0.05) is 41.5 Å². The van der Waals surface area contributed by atoms with Gasteiger partial charge in [0.2, 0.25) is 0 Å². The zero-order valence-corrected chi connectivity index (χ0v) is 11.5. The van der Waals surface area contributed by atoms with Crippen LogP contribution in [-0.4, -0.2) is 9.97 Å². The monoisotopic (exact) mass is 220 g/mol. The number of hydrogen-bond donors (Lipinski definition) is 0. The van der Waals surface area contributed by atoms with E-state index in [1.165, 1.54) is 0 Å². The van der Waals surface area contributed by atoms with E-state index in [2.05, 4.69) is 51.5 Å². The SMILES string of the molecule is CC(C)(C)CCc1ccnc(C(C)(C)C)n1. The lowest BCUT2D eigenvalue weighted by atomic mass is 9.89. The highest BCUT2D eigenvalue weighted by molar-refractivity contribution is 5.08. The van der Waals surface area contributed by atoms with Gasteiger partial charge < -0.3 is 0 Å². The van der Waals surface area contributed by atoms with E-state index in [1.54, 1.807) is 0 Å². The molecule has 0 unspecified atom stereocenters. The molecular weight excluding hydrogens is 196 g/mol. The minimum Gasteiger partial charge on any atom is -0.241 e. The van der Waals surface area contributed by atoms with Crippen molar-refractivity contribution in [3.8, 4) is 0 Å². The van der Waals surface area contributed by atoms with Crippen LogP contribution in [0.2, 0.25) is 0 Å². The summed E-state index contributed by atoms with van der Waals surface area (Å²) in [5.41, 5.74) is 1.57. The Hall–Kier alpha value is -0.920. The Morgan fingerprint density at radius 3 is 2.19 bits per heavy atom. The number of hydrogen-bond acceptors (Lipinski definition) is 2. The standard InChI is InChI=1S/C14H24N2/c1-13(2,3)9-7-11-8-10-15-12(16-11)14(4,5)6/h8,10H,7,9H2,1-6H3. The van der Waals surface area contributed by atoms with Crippen LogP contribution in [0, 0.1) is 5.41 Å². The van der Waals surface area contributed by atoms with Gasteiger partial charge in [-0.2, -0.15) is 0 Å². The zero-order valence-electron chi connectivity index (χ0n) is 11.5. The molecule has 0 aliphatic rings. The van der Waals surface area contributed by atoms with E-state index in [1.807, 2.05) is 12.3 Å². The molecule has 16 heavy (non-hydrogen) atoms. The summed E-state index contributed by atoms with van der Waals surface area (Å²) in [5, 5.41) is 0. The van der Waals surface area contributed by atoms with Crippen LogP contribution in [0.15, 0.2) is 12.3 Å². The van der Waals surface area contributed by atoms with Gasteiger partial charge in [0.1, 0.15) is 5.82 Å². The van der Waals surface area contributed by atoms with Gasteiger partial charge in [-0.25, -0.2) is 9.97 Å². The molecule has 1 heterocycles.